The van der Waals surface area contributed by atoms with Gasteiger partial charge in [-0.05, 0) is 12.8 Å². The minimum Gasteiger partial charge on any atom is -0.344 e. The summed E-state index contributed by atoms with van der Waals surface area (Å²) in [6, 6.07) is 0.421. The SMILES string of the molecule is O=C(Br)NC1CCCCCC1. The maximum absolute atomic E-state index is 10.6. The zero-order valence-electron chi connectivity index (χ0n) is 6.61. The molecule has 0 atom stereocenters. The summed E-state index contributed by atoms with van der Waals surface area (Å²) in [5.41, 5.74) is 0. The number of rotatable bonds is 1. The molecular formula is C8H14BrNO. The third-order valence-electron chi connectivity index (χ3n) is 2.17. The van der Waals surface area contributed by atoms with E-state index in [2.05, 4.69) is 21.2 Å². The fourth-order valence-corrected chi connectivity index (χ4v) is 1.91. The Balaban J connectivity index is 2.25. The molecule has 0 aromatic rings. The Bertz CT molecular complexity index is 130. The zero-order chi connectivity index (χ0) is 8.10. The summed E-state index contributed by atoms with van der Waals surface area (Å²) in [6.07, 6.45) is 7.48. The fourth-order valence-electron chi connectivity index (χ4n) is 1.58. The molecule has 1 saturated carbocycles. The maximum Gasteiger partial charge on any atom is 0.287 e. The molecule has 1 aliphatic carbocycles. The van der Waals surface area contributed by atoms with Crippen molar-refractivity contribution >= 4 is 20.7 Å². The molecule has 1 rings (SSSR count). The Morgan fingerprint density at radius 3 is 2.18 bits per heavy atom. The zero-order valence-corrected chi connectivity index (χ0v) is 8.19. The van der Waals surface area contributed by atoms with E-state index in [4.69, 9.17) is 0 Å². The van der Waals surface area contributed by atoms with Crippen LogP contribution in [0.5, 0.6) is 0 Å². The predicted molar refractivity (Wildman–Crippen MR) is 48.9 cm³/mol. The Morgan fingerprint density at radius 1 is 1.18 bits per heavy atom. The molecule has 1 amide bonds. The van der Waals surface area contributed by atoms with Gasteiger partial charge in [-0.2, -0.15) is 0 Å². The molecule has 1 N–H and O–H groups in total. The quantitative estimate of drug-likeness (QED) is 0.411. The third-order valence-corrected chi connectivity index (χ3v) is 2.40. The highest BCUT2D eigenvalue weighted by atomic mass is 79.9. The van der Waals surface area contributed by atoms with Crippen LogP contribution in [0.1, 0.15) is 38.5 Å². The van der Waals surface area contributed by atoms with Crippen LogP contribution in [0.2, 0.25) is 0 Å². The van der Waals surface area contributed by atoms with E-state index >= 15 is 0 Å². The Morgan fingerprint density at radius 2 is 1.73 bits per heavy atom. The van der Waals surface area contributed by atoms with Crippen LogP contribution in [0.4, 0.5) is 4.79 Å². The highest BCUT2D eigenvalue weighted by Gasteiger charge is 2.12. The molecule has 0 saturated heterocycles. The molecule has 1 aliphatic rings. The van der Waals surface area contributed by atoms with Crippen LogP contribution in [0.25, 0.3) is 0 Å². The van der Waals surface area contributed by atoms with Crippen molar-refractivity contribution < 1.29 is 4.79 Å². The van der Waals surface area contributed by atoms with E-state index in [0.29, 0.717) is 6.04 Å². The van der Waals surface area contributed by atoms with Gasteiger partial charge >= 0.3 is 0 Å². The van der Waals surface area contributed by atoms with Gasteiger partial charge in [0.05, 0.1) is 0 Å². The molecule has 0 aromatic heterocycles. The smallest absolute Gasteiger partial charge is 0.287 e. The highest BCUT2D eigenvalue weighted by molar-refractivity contribution is 9.18. The molecule has 0 radical (unpaired) electrons. The lowest BCUT2D eigenvalue weighted by molar-refractivity contribution is 0.257. The lowest BCUT2D eigenvalue weighted by atomic mass is 10.1. The van der Waals surface area contributed by atoms with Crippen LogP contribution in [0.3, 0.4) is 0 Å². The summed E-state index contributed by atoms with van der Waals surface area (Å²) in [6.45, 7) is 0. The van der Waals surface area contributed by atoms with E-state index in [-0.39, 0.29) is 4.82 Å². The molecule has 3 heteroatoms. The van der Waals surface area contributed by atoms with Crippen LogP contribution < -0.4 is 5.32 Å². The lowest BCUT2D eigenvalue weighted by Crippen LogP contribution is -2.29. The van der Waals surface area contributed by atoms with Crippen molar-refractivity contribution in [1.82, 2.24) is 5.32 Å². The number of hydrogen-bond acceptors (Lipinski definition) is 1. The minimum atomic E-state index is -0.0654. The molecule has 64 valence electrons. The Labute approximate surface area is 75.9 Å². The van der Waals surface area contributed by atoms with E-state index in [1.807, 2.05) is 0 Å². The van der Waals surface area contributed by atoms with Crippen molar-refractivity contribution in [2.75, 3.05) is 0 Å². The summed E-state index contributed by atoms with van der Waals surface area (Å²) in [5.74, 6) is 0. The third kappa shape index (κ3) is 3.75. The van der Waals surface area contributed by atoms with Crippen LogP contribution in [0.15, 0.2) is 0 Å². The number of carbonyl (C=O) groups excluding carboxylic acids is 1. The summed E-state index contributed by atoms with van der Waals surface area (Å²) in [4.78, 5) is 10.6. The second-order valence-corrected chi connectivity index (χ2v) is 3.83. The molecule has 2 nitrogen and oxygen atoms in total. The Hall–Kier alpha value is -0.0500. The largest absolute Gasteiger partial charge is 0.344 e. The summed E-state index contributed by atoms with van der Waals surface area (Å²) >= 11 is 2.89. The van der Waals surface area contributed by atoms with Crippen LogP contribution >= 0.6 is 15.9 Å². The van der Waals surface area contributed by atoms with E-state index < -0.39 is 0 Å². The van der Waals surface area contributed by atoms with Crippen molar-refractivity contribution in [3.63, 3.8) is 0 Å². The van der Waals surface area contributed by atoms with Gasteiger partial charge in [-0.3, -0.25) is 4.79 Å². The first-order chi connectivity index (χ1) is 5.29. The molecule has 0 heterocycles. The van der Waals surface area contributed by atoms with Crippen molar-refractivity contribution in [1.29, 1.82) is 0 Å². The predicted octanol–water partition coefficient (Wildman–Crippen LogP) is 2.81. The number of nitrogens with one attached hydrogen (secondary N) is 1. The van der Waals surface area contributed by atoms with Gasteiger partial charge < -0.3 is 5.32 Å². The summed E-state index contributed by atoms with van der Waals surface area (Å²) in [7, 11) is 0. The van der Waals surface area contributed by atoms with Gasteiger partial charge in [-0.15, -0.1) is 0 Å². The molecule has 0 unspecified atom stereocenters. The first-order valence-electron chi connectivity index (χ1n) is 4.25. The fraction of sp³-hybridized carbons (Fsp3) is 0.875. The first kappa shape index (κ1) is 9.04. The lowest BCUT2D eigenvalue weighted by Gasteiger charge is -2.13. The summed E-state index contributed by atoms with van der Waals surface area (Å²) in [5, 5.41) is 2.90. The van der Waals surface area contributed by atoms with Gasteiger partial charge in [0, 0.05) is 22.0 Å². The van der Waals surface area contributed by atoms with Gasteiger partial charge in [0.2, 0.25) is 0 Å². The second kappa shape index (κ2) is 4.75. The Kier molecular flexibility index (Phi) is 3.91. The van der Waals surface area contributed by atoms with E-state index in [1.165, 1.54) is 25.7 Å². The van der Waals surface area contributed by atoms with Crippen molar-refractivity contribution in [3.8, 4) is 0 Å². The standard InChI is InChI=1S/C8H14BrNO/c9-8(11)10-7-5-3-1-2-4-6-7/h7H,1-6H2,(H,10,11). The van der Waals surface area contributed by atoms with Crippen molar-refractivity contribution in [3.05, 3.63) is 0 Å². The molecule has 0 aliphatic heterocycles. The van der Waals surface area contributed by atoms with Gasteiger partial charge in [-0.1, -0.05) is 25.7 Å². The van der Waals surface area contributed by atoms with Gasteiger partial charge in [0.1, 0.15) is 0 Å². The number of amides is 1. The van der Waals surface area contributed by atoms with Gasteiger partial charge in [0.15, 0.2) is 0 Å². The normalized spacial score (nSPS) is 20.8. The molecule has 0 spiro atoms. The maximum atomic E-state index is 10.6. The molecule has 1 fully saturated rings. The topological polar surface area (TPSA) is 29.1 Å². The van der Waals surface area contributed by atoms with E-state index in [1.54, 1.807) is 0 Å². The van der Waals surface area contributed by atoms with Crippen molar-refractivity contribution in [2.24, 2.45) is 0 Å². The molecule has 11 heavy (non-hydrogen) atoms. The average Bonchev–Trinajstić information content (AvgIpc) is 2.14. The average molecular weight is 220 g/mol. The van der Waals surface area contributed by atoms with Crippen molar-refractivity contribution in [2.45, 2.75) is 44.6 Å². The van der Waals surface area contributed by atoms with Gasteiger partial charge in [-0.25, -0.2) is 0 Å². The molecule has 0 aromatic carbocycles. The molecule has 0 bridgehead atoms. The number of carbonyl (C=O) groups is 1. The first-order valence-corrected chi connectivity index (χ1v) is 5.04. The highest BCUT2D eigenvalue weighted by Crippen LogP contribution is 2.17. The monoisotopic (exact) mass is 219 g/mol. The number of hydrogen-bond donors (Lipinski definition) is 1. The number of halogens is 1. The van der Waals surface area contributed by atoms with E-state index in [9.17, 15) is 4.79 Å². The molecular weight excluding hydrogens is 206 g/mol. The van der Waals surface area contributed by atoms with Crippen LogP contribution in [0, 0.1) is 0 Å². The summed E-state index contributed by atoms with van der Waals surface area (Å²) < 4.78 is 0. The van der Waals surface area contributed by atoms with Gasteiger partial charge in [0.25, 0.3) is 4.82 Å². The van der Waals surface area contributed by atoms with E-state index in [0.717, 1.165) is 12.8 Å². The van der Waals surface area contributed by atoms with Crippen LogP contribution in [-0.2, 0) is 0 Å². The van der Waals surface area contributed by atoms with Crippen LogP contribution in [-0.4, -0.2) is 10.9 Å². The minimum absolute atomic E-state index is 0.0654. The second-order valence-electron chi connectivity index (χ2n) is 3.11.